The summed E-state index contributed by atoms with van der Waals surface area (Å²) in [7, 11) is -4.64. The van der Waals surface area contributed by atoms with Crippen LogP contribution in [0.25, 0.3) is 11.1 Å². The van der Waals surface area contributed by atoms with E-state index in [9.17, 15) is 26.4 Å². The average molecular weight is 483 g/mol. The fourth-order valence-electron chi connectivity index (χ4n) is 3.64. The SMILES string of the molecule is CC1(C)OCC(S(=O)(=O)O/N=C(/C(=O)c2ccc3c(c2)Cc2ccccc2-3)C(F)(F)F)CO1. The van der Waals surface area contributed by atoms with Gasteiger partial charge in [0.15, 0.2) is 5.79 Å². The zero-order valence-electron chi connectivity index (χ0n) is 17.7. The summed E-state index contributed by atoms with van der Waals surface area (Å²) in [6.45, 7) is 2.41. The van der Waals surface area contributed by atoms with E-state index in [-0.39, 0.29) is 18.8 Å². The predicted octanol–water partition coefficient (Wildman–Crippen LogP) is 3.86. The number of nitrogens with zero attached hydrogens (tertiary/aromatic N) is 1. The van der Waals surface area contributed by atoms with Crippen LogP contribution in [0.4, 0.5) is 13.2 Å². The second-order valence-electron chi connectivity index (χ2n) is 8.18. The molecule has 11 heteroatoms. The normalized spacial score (nSPS) is 18.5. The van der Waals surface area contributed by atoms with Crippen LogP contribution < -0.4 is 0 Å². The molecule has 1 aliphatic heterocycles. The number of hydrogen-bond donors (Lipinski definition) is 0. The van der Waals surface area contributed by atoms with E-state index in [0.717, 1.165) is 16.7 Å². The molecular formula is C22H20F3NO6S. The standard InChI is InChI=1S/C22H20F3NO6S/c1-21(2)30-11-16(12-31-21)33(28,29)32-26-20(22(23,24)25)19(27)14-7-8-18-15(10-14)9-13-5-3-4-6-17(13)18/h3-8,10,16H,9,11-12H2,1-2H3/b26-20-. The van der Waals surface area contributed by atoms with E-state index in [1.54, 1.807) is 19.9 Å². The molecule has 0 saturated carbocycles. The molecule has 0 bridgehead atoms. The van der Waals surface area contributed by atoms with Crippen LogP contribution in [0, 0.1) is 0 Å². The fraction of sp³-hybridized carbons (Fsp3) is 0.364. The van der Waals surface area contributed by atoms with Gasteiger partial charge in [0.05, 0.1) is 13.2 Å². The number of alkyl halides is 3. The third kappa shape index (κ3) is 4.80. The summed E-state index contributed by atoms with van der Waals surface area (Å²) in [5.74, 6) is -2.52. The minimum Gasteiger partial charge on any atom is -0.349 e. The van der Waals surface area contributed by atoms with Crippen molar-refractivity contribution >= 4 is 21.6 Å². The summed E-state index contributed by atoms with van der Waals surface area (Å²) in [6.07, 6.45) is -4.77. The van der Waals surface area contributed by atoms with Gasteiger partial charge < -0.3 is 9.47 Å². The number of carbonyl (C=O) groups excluding carboxylic acids is 1. The van der Waals surface area contributed by atoms with Crippen molar-refractivity contribution in [1.82, 2.24) is 0 Å². The molecule has 33 heavy (non-hydrogen) atoms. The van der Waals surface area contributed by atoms with Crippen LogP contribution in [-0.2, 0) is 30.3 Å². The molecule has 0 spiro atoms. The van der Waals surface area contributed by atoms with Crippen LogP contribution in [0.1, 0.15) is 35.3 Å². The first-order chi connectivity index (χ1) is 15.4. The molecule has 176 valence electrons. The van der Waals surface area contributed by atoms with Crippen LogP contribution >= 0.6 is 0 Å². The molecule has 2 aromatic carbocycles. The number of halogens is 3. The number of benzene rings is 2. The maximum atomic E-state index is 13.6. The van der Waals surface area contributed by atoms with Crippen molar-refractivity contribution < 1.29 is 40.1 Å². The molecule has 0 atom stereocenters. The van der Waals surface area contributed by atoms with Gasteiger partial charge in [-0.25, -0.2) is 0 Å². The molecule has 1 saturated heterocycles. The van der Waals surface area contributed by atoms with E-state index in [2.05, 4.69) is 9.44 Å². The van der Waals surface area contributed by atoms with Gasteiger partial charge in [-0.3, -0.25) is 9.08 Å². The minimum absolute atomic E-state index is 0.273. The van der Waals surface area contributed by atoms with Crippen molar-refractivity contribution in [2.75, 3.05) is 13.2 Å². The maximum absolute atomic E-state index is 13.6. The van der Waals surface area contributed by atoms with E-state index >= 15 is 0 Å². The monoisotopic (exact) mass is 483 g/mol. The summed E-state index contributed by atoms with van der Waals surface area (Å²) < 4.78 is 80.0. The molecule has 0 amide bonds. The Hall–Kier alpha value is -2.76. The van der Waals surface area contributed by atoms with Crippen molar-refractivity contribution in [2.45, 2.75) is 37.5 Å². The Labute approximate surface area is 188 Å². The summed E-state index contributed by atoms with van der Waals surface area (Å²) >= 11 is 0. The van der Waals surface area contributed by atoms with Crippen molar-refractivity contribution in [3.05, 3.63) is 59.2 Å². The highest BCUT2D eigenvalue weighted by molar-refractivity contribution is 7.87. The highest BCUT2D eigenvalue weighted by atomic mass is 32.2. The second-order valence-corrected chi connectivity index (χ2v) is 9.99. The Morgan fingerprint density at radius 3 is 2.36 bits per heavy atom. The Morgan fingerprint density at radius 2 is 1.70 bits per heavy atom. The number of Topliss-reactive ketones (excluding diaryl/α,β-unsaturated/α-hetero) is 1. The molecule has 2 aliphatic rings. The summed E-state index contributed by atoms with van der Waals surface area (Å²) in [5, 5.41) is 1.34. The number of oxime groups is 1. The molecule has 7 nitrogen and oxygen atoms in total. The van der Waals surface area contributed by atoms with Gasteiger partial charge in [-0.05, 0) is 48.6 Å². The number of ether oxygens (including phenoxy) is 2. The Morgan fingerprint density at radius 1 is 1.06 bits per heavy atom. The predicted molar refractivity (Wildman–Crippen MR) is 112 cm³/mol. The van der Waals surface area contributed by atoms with Gasteiger partial charge in [0.25, 0.3) is 0 Å². The highest BCUT2D eigenvalue weighted by Gasteiger charge is 2.44. The lowest BCUT2D eigenvalue weighted by atomic mass is 9.99. The van der Waals surface area contributed by atoms with E-state index in [1.165, 1.54) is 12.1 Å². The lowest BCUT2D eigenvalue weighted by Gasteiger charge is -2.33. The minimum atomic E-state index is -5.24. The maximum Gasteiger partial charge on any atom is 0.440 e. The van der Waals surface area contributed by atoms with Crippen LogP contribution in [0.5, 0.6) is 0 Å². The molecule has 1 aliphatic carbocycles. The molecule has 4 rings (SSSR count). The van der Waals surface area contributed by atoms with Crippen molar-refractivity contribution in [2.24, 2.45) is 5.16 Å². The van der Waals surface area contributed by atoms with E-state index in [0.29, 0.717) is 12.0 Å². The lowest BCUT2D eigenvalue weighted by Crippen LogP contribution is -2.45. The largest absolute Gasteiger partial charge is 0.440 e. The second kappa shape index (κ2) is 8.23. The Kier molecular flexibility index (Phi) is 5.83. The Bertz CT molecular complexity index is 1230. The Balaban J connectivity index is 1.58. The first kappa shape index (κ1) is 23.4. The lowest BCUT2D eigenvalue weighted by molar-refractivity contribution is -0.242. The molecule has 0 radical (unpaired) electrons. The number of carbonyl (C=O) groups is 1. The van der Waals surface area contributed by atoms with Crippen molar-refractivity contribution in [1.29, 1.82) is 0 Å². The van der Waals surface area contributed by atoms with Crippen LogP contribution in [0.2, 0.25) is 0 Å². The van der Waals surface area contributed by atoms with Gasteiger partial charge >= 0.3 is 16.3 Å². The number of ketones is 1. The molecular weight excluding hydrogens is 463 g/mol. The summed E-state index contributed by atoms with van der Waals surface area (Å²) in [6, 6.07) is 11.7. The van der Waals surface area contributed by atoms with Crippen LogP contribution in [0.15, 0.2) is 47.6 Å². The third-order valence-electron chi connectivity index (χ3n) is 5.41. The van der Waals surface area contributed by atoms with Gasteiger partial charge in [-0.1, -0.05) is 41.6 Å². The average Bonchev–Trinajstić information content (AvgIpc) is 3.10. The molecule has 0 N–H and O–H groups in total. The highest BCUT2D eigenvalue weighted by Crippen LogP contribution is 2.37. The molecule has 2 aromatic rings. The first-order valence-electron chi connectivity index (χ1n) is 9.99. The van der Waals surface area contributed by atoms with Gasteiger partial charge in [0.2, 0.25) is 11.5 Å². The topological polar surface area (TPSA) is 91.3 Å². The molecule has 0 unspecified atom stereocenters. The summed E-state index contributed by atoms with van der Waals surface area (Å²) in [4.78, 5) is 12.7. The molecule has 1 fully saturated rings. The van der Waals surface area contributed by atoms with Crippen molar-refractivity contribution in [3.63, 3.8) is 0 Å². The smallest absolute Gasteiger partial charge is 0.349 e. The van der Waals surface area contributed by atoms with E-state index in [4.69, 9.17) is 9.47 Å². The third-order valence-corrected chi connectivity index (χ3v) is 6.78. The quantitative estimate of drug-likeness (QED) is 0.311. The van der Waals surface area contributed by atoms with Gasteiger partial charge in [0.1, 0.15) is 5.25 Å². The van der Waals surface area contributed by atoms with Gasteiger partial charge in [0, 0.05) is 5.56 Å². The number of fused-ring (bicyclic) bond motifs is 3. The molecule has 0 aromatic heterocycles. The zero-order valence-corrected chi connectivity index (χ0v) is 18.5. The van der Waals surface area contributed by atoms with Crippen LogP contribution in [-0.4, -0.2) is 50.3 Å². The first-order valence-corrected chi connectivity index (χ1v) is 11.5. The van der Waals surface area contributed by atoms with Gasteiger partial charge in [-0.2, -0.15) is 21.6 Å². The molecule has 1 heterocycles. The van der Waals surface area contributed by atoms with Crippen molar-refractivity contribution in [3.8, 4) is 11.1 Å². The number of hydrogen-bond acceptors (Lipinski definition) is 7. The van der Waals surface area contributed by atoms with Crippen LogP contribution in [0.3, 0.4) is 0 Å². The number of rotatable bonds is 5. The summed E-state index contributed by atoms with van der Waals surface area (Å²) in [5.41, 5.74) is 1.22. The fourth-order valence-corrected chi connectivity index (χ4v) is 4.41. The van der Waals surface area contributed by atoms with E-state index in [1.807, 2.05) is 24.3 Å². The van der Waals surface area contributed by atoms with E-state index < -0.39 is 38.8 Å². The zero-order chi connectivity index (χ0) is 24.0. The van der Waals surface area contributed by atoms with Gasteiger partial charge in [-0.15, -0.1) is 0 Å².